The quantitative estimate of drug-likeness (QED) is 0.516. The molecule has 1 fully saturated rings. The van der Waals surface area contributed by atoms with Crippen molar-refractivity contribution in [1.82, 2.24) is 0 Å². The van der Waals surface area contributed by atoms with Crippen LogP contribution < -0.4 is 0 Å². The summed E-state index contributed by atoms with van der Waals surface area (Å²) in [5, 5.41) is 19.6. The molecule has 1 rings (SSSR count). The van der Waals surface area contributed by atoms with Crippen molar-refractivity contribution in [3.05, 3.63) is 0 Å². The molecule has 4 heteroatoms. The van der Waals surface area contributed by atoms with E-state index in [-0.39, 0.29) is 12.3 Å². The highest BCUT2D eigenvalue weighted by Gasteiger charge is 2.51. The van der Waals surface area contributed by atoms with E-state index < -0.39 is 17.4 Å². The Balaban J connectivity index is 2.96. The van der Waals surface area contributed by atoms with Crippen LogP contribution in [0.1, 0.15) is 96.8 Å². The molecule has 0 spiro atoms. The first-order chi connectivity index (χ1) is 11.1. The molecule has 4 nitrogen and oxygen atoms in total. The molecule has 2 N–H and O–H groups in total. The molecule has 23 heavy (non-hydrogen) atoms. The van der Waals surface area contributed by atoms with Crippen molar-refractivity contribution in [2.75, 3.05) is 0 Å². The summed E-state index contributed by atoms with van der Waals surface area (Å²) < 4.78 is 0. The van der Waals surface area contributed by atoms with Gasteiger partial charge in [0.05, 0.1) is 0 Å². The van der Waals surface area contributed by atoms with Crippen LogP contribution in [0, 0.1) is 11.3 Å². The Morgan fingerprint density at radius 1 is 0.870 bits per heavy atom. The van der Waals surface area contributed by atoms with Crippen molar-refractivity contribution in [2.45, 2.75) is 96.8 Å². The van der Waals surface area contributed by atoms with Crippen LogP contribution >= 0.6 is 0 Å². The van der Waals surface area contributed by atoms with Crippen molar-refractivity contribution < 1.29 is 19.8 Å². The second-order valence-electron chi connectivity index (χ2n) is 7.14. The summed E-state index contributed by atoms with van der Waals surface area (Å²) in [6.45, 7) is 2.11. The van der Waals surface area contributed by atoms with Gasteiger partial charge in [-0.2, -0.15) is 0 Å². The van der Waals surface area contributed by atoms with E-state index in [1.807, 2.05) is 0 Å². The molecule has 1 atom stereocenters. The van der Waals surface area contributed by atoms with Gasteiger partial charge in [0.15, 0.2) is 5.41 Å². The zero-order chi connectivity index (χ0) is 17.1. The number of aliphatic carboxylic acids is 2. The fourth-order valence-electron chi connectivity index (χ4n) is 3.99. The third-order valence-electron chi connectivity index (χ3n) is 5.49. The van der Waals surface area contributed by atoms with E-state index in [2.05, 4.69) is 6.92 Å². The molecule has 0 saturated heterocycles. The molecular formula is C19H34O4. The number of rotatable bonds is 6. The lowest BCUT2D eigenvalue weighted by Gasteiger charge is -2.34. The van der Waals surface area contributed by atoms with E-state index in [9.17, 15) is 19.8 Å². The number of carbonyl (C=O) groups is 2. The molecule has 1 aliphatic rings. The van der Waals surface area contributed by atoms with E-state index in [4.69, 9.17) is 0 Å². The van der Waals surface area contributed by atoms with Crippen LogP contribution in [-0.2, 0) is 9.59 Å². The topological polar surface area (TPSA) is 74.6 Å². The Morgan fingerprint density at radius 3 is 1.91 bits per heavy atom. The van der Waals surface area contributed by atoms with Gasteiger partial charge in [-0.1, -0.05) is 77.6 Å². The summed E-state index contributed by atoms with van der Waals surface area (Å²) in [5.41, 5.74) is -1.58. The third kappa shape index (κ3) is 5.82. The van der Waals surface area contributed by atoms with E-state index in [1.54, 1.807) is 0 Å². The Kier molecular flexibility index (Phi) is 9.27. The van der Waals surface area contributed by atoms with Gasteiger partial charge in [-0.25, -0.2) is 0 Å². The van der Waals surface area contributed by atoms with Crippen molar-refractivity contribution in [1.29, 1.82) is 0 Å². The van der Waals surface area contributed by atoms with Crippen LogP contribution in [0.4, 0.5) is 0 Å². The van der Waals surface area contributed by atoms with Gasteiger partial charge in [0.25, 0.3) is 0 Å². The molecule has 0 amide bonds. The number of unbranched alkanes of at least 4 members (excludes halogenated alkanes) is 2. The van der Waals surface area contributed by atoms with Gasteiger partial charge in [0.1, 0.15) is 0 Å². The van der Waals surface area contributed by atoms with Gasteiger partial charge in [0, 0.05) is 0 Å². The minimum absolute atomic E-state index is 0.233. The second-order valence-corrected chi connectivity index (χ2v) is 7.14. The lowest BCUT2D eigenvalue weighted by Crippen LogP contribution is -2.46. The molecule has 1 unspecified atom stereocenters. The smallest absolute Gasteiger partial charge is 0.321 e. The first-order valence-electron chi connectivity index (χ1n) is 9.52. The predicted molar refractivity (Wildman–Crippen MR) is 91.5 cm³/mol. The highest BCUT2D eigenvalue weighted by molar-refractivity contribution is 5.98. The van der Waals surface area contributed by atoms with Gasteiger partial charge in [-0.3, -0.25) is 9.59 Å². The minimum atomic E-state index is -1.58. The van der Waals surface area contributed by atoms with Crippen molar-refractivity contribution >= 4 is 11.9 Å². The Morgan fingerprint density at radius 2 is 1.39 bits per heavy atom. The molecule has 1 saturated carbocycles. The van der Waals surface area contributed by atoms with Gasteiger partial charge in [-0.05, 0) is 25.2 Å². The largest absolute Gasteiger partial charge is 0.480 e. The van der Waals surface area contributed by atoms with Crippen LogP contribution in [0.15, 0.2) is 0 Å². The van der Waals surface area contributed by atoms with E-state index >= 15 is 0 Å². The molecule has 0 aromatic carbocycles. The average molecular weight is 326 g/mol. The molecule has 0 aliphatic heterocycles. The number of carboxylic acid groups (broad SMARTS) is 2. The van der Waals surface area contributed by atoms with Crippen molar-refractivity contribution in [3.63, 3.8) is 0 Å². The monoisotopic (exact) mass is 326 g/mol. The summed E-state index contributed by atoms with van der Waals surface area (Å²) in [4.78, 5) is 24.0. The Labute approximate surface area is 140 Å². The molecule has 1 aliphatic carbocycles. The molecular weight excluding hydrogens is 292 g/mol. The van der Waals surface area contributed by atoms with Crippen LogP contribution in [0.25, 0.3) is 0 Å². The second kappa shape index (κ2) is 10.7. The summed E-state index contributed by atoms with van der Waals surface area (Å²) >= 11 is 0. The summed E-state index contributed by atoms with van der Waals surface area (Å²) in [5.74, 6) is -2.48. The van der Waals surface area contributed by atoms with Crippen LogP contribution in [0.2, 0.25) is 0 Å². The first kappa shape index (κ1) is 20.0. The van der Waals surface area contributed by atoms with E-state index in [0.29, 0.717) is 6.42 Å². The predicted octanol–water partition coefficient (Wildman–Crippen LogP) is 5.25. The molecule has 0 aromatic rings. The lowest BCUT2D eigenvalue weighted by atomic mass is 9.67. The van der Waals surface area contributed by atoms with Crippen LogP contribution in [0.5, 0.6) is 0 Å². The maximum Gasteiger partial charge on any atom is 0.321 e. The van der Waals surface area contributed by atoms with Gasteiger partial charge in [-0.15, -0.1) is 0 Å². The van der Waals surface area contributed by atoms with Gasteiger partial charge in [0.2, 0.25) is 0 Å². The molecule has 0 aromatic heterocycles. The lowest BCUT2D eigenvalue weighted by molar-refractivity contribution is -0.171. The Bertz CT molecular complexity index is 350. The number of carboxylic acids is 2. The first-order valence-corrected chi connectivity index (χ1v) is 9.52. The SMILES string of the molecule is CCCCCC1CCCCCCCCCCC1(C(=O)O)C(=O)O. The number of hydrogen-bond donors (Lipinski definition) is 2. The maximum atomic E-state index is 12.0. The highest BCUT2D eigenvalue weighted by Crippen LogP contribution is 2.41. The fraction of sp³-hybridized carbons (Fsp3) is 0.895. The van der Waals surface area contributed by atoms with Gasteiger partial charge < -0.3 is 10.2 Å². The van der Waals surface area contributed by atoms with Crippen LogP contribution in [0.3, 0.4) is 0 Å². The number of hydrogen-bond acceptors (Lipinski definition) is 2. The molecule has 134 valence electrons. The van der Waals surface area contributed by atoms with Crippen molar-refractivity contribution in [3.8, 4) is 0 Å². The molecule has 0 bridgehead atoms. The maximum absolute atomic E-state index is 12.0. The minimum Gasteiger partial charge on any atom is -0.480 e. The summed E-state index contributed by atoms with van der Waals surface area (Å²) in [7, 11) is 0. The zero-order valence-electron chi connectivity index (χ0n) is 14.7. The zero-order valence-corrected chi connectivity index (χ0v) is 14.7. The normalized spacial score (nSPS) is 23.4. The average Bonchev–Trinajstić information content (AvgIpc) is 2.49. The van der Waals surface area contributed by atoms with E-state index in [1.165, 1.54) is 19.3 Å². The van der Waals surface area contributed by atoms with Crippen LogP contribution in [-0.4, -0.2) is 22.2 Å². The van der Waals surface area contributed by atoms with E-state index in [0.717, 1.165) is 57.8 Å². The molecule has 0 heterocycles. The molecule has 0 radical (unpaired) electrons. The standard InChI is InChI=1S/C19H34O4/c1-2-3-10-13-16-14-11-8-6-4-5-7-9-12-15-19(16,17(20)21)18(22)23/h16H,2-15H2,1H3,(H,20,21)(H,22,23). The van der Waals surface area contributed by atoms with Gasteiger partial charge >= 0.3 is 11.9 Å². The van der Waals surface area contributed by atoms with Crippen molar-refractivity contribution in [2.24, 2.45) is 11.3 Å². The third-order valence-corrected chi connectivity index (χ3v) is 5.49. The fourth-order valence-corrected chi connectivity index (χ4v) is 3.99. The summed E-state index contributed by atoms with van der Waals surface area (Å²) in [6, 6.07) is 0. The highest BCUT2D eigenvalue weighted by atomic mass is 16.4. The summed E-state index contributed by atoms with van der Waals surface area (Å²) in [6.07, 6.45) is 13.2. The Hall–Kier alpha value is -1.06.